The molecule has 1 aliphatic carbocycles. The third-order valence-corrected chi connectivity index (χ3v) is 5.86. The lowest BCUT2D eigenvalue weighted by molar-refractivity contribution is -0.159. The van der Waals surface area contributed by atoms with Gasteiger partial charge in [0.2, 0.25) is 0 Å². The summed E-state index contributed by atoms with van der Waals surface area (Å²) in [5.41, 5.74) is 11.6. The minimum absolute atomic E-state index is 0.0419. The van der Waals surface area contributed by atoms with E-state index >= 15 is 0 Å². The predicted molar refractivity (Wildman–Crippen MR) is 119 cm³/mol. The zero-order chi connectivity index (χ0) is 22.7. The van der Waals surface area contributed by atoms with Crippen LogP contribution in [0.3, 0.4) is 0 Å². The molecule has 0 spiro atoms. The van der Waals surface area contributed by atoms with Crippen LogP contribution in [0, 0.1) is 17.2 Å². The zero-order valence-corrected chi connectivity index (χ0v) is 17.3. The van der Waals surface area contributed by atoms with Crippen molar-refractivity contribution >= 4 is 11.9 Å². The summed E-state index contributed by atoms with van der Waals surface area (Å²) in [5, 5.41) is 18.6. The molecule has 0 bridgehead atoms. The average Bonchev–Trinajstić information content (AvgIpc) is 3.12. The number of benzene rings is 3. The predicted octanol–water partition coefficient (Wildman–Crippen LogP) is 3.48. The fraction of sp³-hybridized carbons (Fsp3) is 0.192. The molecule has 0 aromatic heterocycles. The molecule has 0 fully saturated rings. The van der Waals surface area contributed by atoms with Crippen LogP contribution in [0.5, 0.6) is 0 Å². The molecule has 0 saturated carbocycles. The van der Waals surface area contributed by atoms with Crippen molar-refractivity contribution in [1.29, 1.82) is 5.26 Å². The van der Waals surface area contributed by atoms with Gasteiger partial charge in [-0.2, -0.15) is 5.26 Å². The Morgan fingerprint density at radius 3 is 2.06 bits per heavy atom. The van der Waals surface area contributed by atoms with Crippen molar-refractivity contribution in [2.75, 3.05) is 6.61 Å². The summed E-state index contributed by atoms with van der Waals surface area (Å²) in [6.45, 7) is 0.0419. The molecule has 1 aliphatic rings. The fourth-order valence-corrected chi connectivity index (χ4v) is 4.26. The molecule has 4 rings (SSSR count). The summed E-state index contributed by atoms with van der Waals surface area (Å²) < 4.78 is 5.52. The number of hydrogen-bond donors (Lipinski definition) is 2. The Hall–Kier alpha value is -3.95. The lowest BCUT2D eigenvalue weighted by Crippen LogP contribution is -2.43. The summed E-state index contributed by atoms with van der Waals surface area (Å²) >= 11 is 0. The third kappa shape index (κ3) is 4.11. The number of rotatable bonds is 7. The van der Waals surface area contributed by atoms with Gasteiger partial charge in [-0.1, -0.05) is 60.7 Å². The van der Waals surface area contributed by atoms with Crippen LogP contribution in [0.1, 0.15) is 28.2 Å². The van der Waals surface area contributed by atoms with E-state index in [1.807, 2.05) is 54.6 Å². The number of carbonyl (C=O) groups excluding carboxylic acids is 1. The normalized spacial score (nSPS) is 14.0. The van der Waals surface area contributed by atoms with Gasteiger partial charge in [-0.25, -0.2) is 0 Å². The molecule has 0 aliphatic heterocycles. The smallest absolute Gasteiger partial charge is 0.321 e. The van der Waals surface area contributed by atoms with E-state index in [4.69, 9.17) is 15.7 Å². The maximum absolute atomic E-state index is 12.8. The van der Waals surface area contributed by atoms with Crippen molar-refractivity contribution in [2.45, 2.75) is 18.4 Å². The number of carbonyl (C=O) groups is 2. The summed E-state index contributed by atoms with van der Waals surface area (Å²) in [4.78, 5) is 24.6. The fourth-order valence-electron chi connectivity index (χ4n) is 4.26. The van der Waals surface area contributed by atoms with Gasteiger partial charge in [0, 0.05) is 12.0 Å². The molecule has 0 heterocycles. The van der Waals surface area contributed by atoms with E-state index in [-0.39, 0.29) is 18.9 Å². The molecule has 6 heteroatoms. The maximum Gasteiger partial charge on any atom is 0.321 e. The Bertz CT molecular complexity index is 1150. The minimum atomic E-state index is -1.49. The molecule has 160 valence electrons. The van der Waals surface area contributed by atoms with Crippen LogP contribution in [-0.4, -0.2) is 29.7 Å². The van der Waals surface area contributed by atoms with Gasteiger partial charge in [0.15, 0.2) is 5.92 Å². The van der Waals surface area contributed by atoms with Gasteiger partial charge in [0.05, 0.1) is 11.6 Å². The first-order chi connectivity index (χ1) is 15.5. The number of nitriles is 1. The van der Waals surface area contributed by atoms with E-state index in [1.165, 1.54) is 0 Å². The number of fused-ring (bicyclic) bond motifs is 3. The first kappa shape index (κ1) is 21.3. The molecular weight excluding hydrogens is 404 g/mol. The molecule has 0 saturated heterocycles. The maximum atomic E-state index is 12.8. The van der Waals surface area contributed by atoms with Crippen molar-refractivity contribution in [3.05, 3.63) is 95.1 Å². The second kappa shape index (κ2) is 9.04. The number of aliphatic carboxylic acids is 1. The standard InChI is InChI=1S/C26H22N2O4/c27-14-17-11-9-16(10-12-17)13-23(28)24(25(29)30)26(31)32-15-22-20-7-3-1-5-18(20)19-6-2-4-8-21(19)22/h1-12,22-24H,13,15,28H2,(H,29,30)/t23?,24-/m1/s1. The summed E-state index contributed by atoms with van der Waals surface area (Å²) in [5.74, 6) is -3.81. The Balaban J connectivity index is 1.48. The highest BCUT2D eigenvalue weighted by Gasteiger charge is 2.36. The van der Waals surface area contributed by atoms with Crippen molar-refractivity contribution < 1.29 is 19.4 Å². The Kier molecular flexibility index (Phi) is 6.02. The van der Waals surface area contributed by atoms with Crippen LogP contribution >= 0.6 is 0 Å². The van der Waals surface area contributed by atoms with Crippen LogP contribution in [0.25, 0.3) is 11.1 Å². The van der Waals surface area contributed by atoms with Gasteiger partial charge in [-0.05, 0) is 46.4 Å². The molecule has 1 unspecified atom stereocenters. The summed E-state index contributed by atoms with van der Waals surface area (Å²) in [6, 6.07) is 23.6. The molecule has 3 aromatic rings. The van der Waals surface area contributed by atoms with E-state index < -0.39 is 23.9 Å². The van der Waals surface area contributed by atoms with Crippen molar-refractivity contribution in [3.8, 4) is 17.2 Å². The lowest BCUT2D eigenvalue weighted by Gasteiger charge is -2.21. The number of nitrogens with zero attached hydrogens (tertiary/aromatic N) is 1. The van der Waals surface area contributed by atoms with E-state index in [2.05, 4.69) is 0 Å². The Morgan fingerprint density at radius 2 is 1.53 bits per heavy atom. The molecule has 32 heavy (non-hydrogen) atoms. The average molecular weight is 426 g/mol. The Morgan fingerprint density at radius 1 is 0.969 bits per heavy atom. The van der Waals surface area contributed by atoms with Crippen molar-refractivity contribution in [1.82, 2.24) is 0 Å². The minimum Gasteiger partial charge on any atom is -0.481 e. The van der Waals surface area contributed by atoms with Gasteiger partial charge < -0.3 is 15.6 Å². The number of carboxylic acid groups (broad SMARTS) is 1. The molecule has 3 N–H and O–H groups in total. The number of esters is 1. The van der Waals surface area contributed by atoms with Gasteiger partial charge in [-0.3, -0.25) is 9.59 Å². The van der Waals surface area contributed by atoms with E-state index in [9.17, 15) is 14.7 Å². The highest BCUT2D eigenvalue weighted by atomic mass is 16.5. The van der Waals surface area contributed by atoms with E-state index in [0.717, 1.165) is 27.8 Å². The van der Waals surface area contributed by atoms with Gasteiger partial charge in [-0.15, -0.1) is 0 Å². The van der Waals surface area contributed by atoms with Crippen molar-refractivity contribution in [2.24, 2.45) is 11.7 Å². The molecule has 2 atom stereocenters. The van der Waals surface area contributed by atoms with E-state index in [0.29, 0.717) is 5.56 Å². The van der Waals surface area contributed by atoms with Crippen LogP contribution < -0.4 is 5.73 Å². The first-order valence-electron chi connectivity index (χ1n) is 10.3. The third-order valence-electron chi connectivity index (χ3n) is 5.86. The van der Waals surface area contributed by atoms with Gasteiger partial charge in [0.25, 0.3) is 0 Å². The number of ether oxygens (including phenoxy) is 1. The topological polar surface area (TPSA) is 113 Å². The second-order valence-corrected chi connectivity index (χ2v) is 7.85. The summed E-state index contributed by atoms with van der Waals surface area (Å²) in [7, 11) is 0. The monoisotopic (exact) mass is 426 g/mol. The number of nitrogens with two attached hydrogens (primary N) is 1. The van der Waals surface area contributed by atoms with Crippen molar-refractivity contribution in [3.63, 3.8) is 0 Å². The van der Waals surface area contributed by atoms with Crippen LogP contribution in [0.2, 0.25) is 0 Å². The molecule has 0 amide bonds. The van der Waals surface area contributed by atoms with E-state index in [1.54, 1.807) is 24.3 Å². The highest BCUT2D eigenvalue weighted by molar-refractivity contribution is 5.95. The van der Waals surface area contributed by atoms with Gasteiger partial charge >= 0.3 is 11.9 Å². The SMILES string of the molecule is N#Cc1ccc(CC(N)[C@H](C(=O)O)C(=O)OCC2c3ccccc3-c3ccccc32)cc1. The number of hydrogen-bond acceptors (Lipinski definition) is 5. The lowest BCUT2D eigenvalue weighted by atomic mass is 9.93. The summed E-state index contributed by atoms with van der Waals surface area (Å²) in [6.07, 6.45) is 0.173. The Labute approximate surface area is 185 Å². The quantitative estimate of drug-likeness (QED) is 0.442. The molecule has 6 nitrogen and oxygen atoms in total. The molecule has 0 radical (unpaired) electrons. The highest BCUT2D eigenvalue weighted by Crippen LogP contribution is 2.44. The first-order valence-corrected chi connectivity index (χ1v) is 10.3. The van der Waals surface area contributed by atoms with Gasteiger partial charge in [0.1, 0.15) is 6.61 Å². The molecular formula is C26H22N2O4. The zero-order valence-electron chi connectivity index (χ0n) is 17.3. The van der Waals surface area contributed by atoms with Crippen LogP contribution in [0.15, 0.2) is 72.8 Å². The van der Waals surface area contributed by atoms with Crippen LogP contribution in [0.4, 0.5) is 0 Å². The van der Waals surface area contributed by atoms with Crippen LogP contribution in [-0.2, 0) is 20.7 Å². The largest absolute Gasteiger partial charge is 0.481 e. The number of carboxylic acids is 1. The molecule has 3 aromatic carbocycles. The second-order valence-electron chi connectivity index (χ2n) is 7.85.